The second-order valence-corrected chi connectivity index (χ2v) is 7.78. The Kier molecular flexibility index (Phi) is 3.19. The zero-order valence-corrected chi connectivity index (χ0v) is 12.2. The molecule has 7 heteroatoms. The van der Waals surface area contributed by atoms with Gasteiger partial charge in [-0.25, -0.2) is 0 Å². The van der Waals surface area contributed by atoms with Crippen molar-refractivity contribution < 1.29 is 22.1 Å². The van der Waals surface area contributed by atoms with Crippen LogP contribution in [0.25, 0.3) is 0 Å². The van der Waals surface area contributed by atoms with E-state index in [0.717, 1.165) is 6.42 Å². The molecule has 5 unspecified atom stereocenters. The summed E-state index contributed by atoms with van der Waals surface area (Å²) < 4.78 is 35.0. The lowest BCUT2D eigenvalue weighted by Crippen LogP contribution is -2.42. The first-order valence-electron chi connectivity index (χ1n) is 6.82. The van der Waals surface area contributed by atoms with Crippen molar-refractivity contribution in [3.8, 4) is 0 Å². The number of hydrogen-bond donors (Lipinski definition) is 1. The Balaban J connectivity index is 1.61. The zero-order chi connectivity index (χ0) is 14.5. The first kappa shape index (κ1) is 14.0. The zero-order valence-electron chi connectivity index (χ0n) is 11.4. The molecule has 2 aliphatic carbocycles. The van der Waals surface area contributed by atoms with Gasteiger partial charge in [-0.15, -0.1) is 0 Å². The molecule has 0 spiro atoms. The minimum atomic E-state index is -3.43. The van der Waals surface area contributed by atoms with E-state index in [9.17, 15) is 13.2 Å². The van der Waals surface area contributed by atoms with Crippen LogP contribution < -0.4 is 5.32 Å². The Bertz CT molecular complexity index is 545. The first-order valence-corrected chi connectivity index (χ1v) is 8.29. The molecule has 6 nitrogen and oxygen atoms in total. The molecule has 1 N–H and O–H groups in total. The first-order chi connectivity index (χ1) is 9.38. The number of amides is 1. The van der Waals surface area contributed by atoms with E-state index in [1.54, 1.807) is 0 Å². The van der Waals surface area contributed by atoms with E-state index in [0.29, 0.717) is 19.6 Å². The van der Waals surface area contributed by atoms with Gasteiger partial charge in [0.2, 0.25) is 5.91 Å². The SMILES string of the molecule is C=CC(=O)NCCOC1C2CC3C(C)(C2)C1OS3(=O)=O. The summed E-state index contributed by atoms with van der Waals surface area (Å²) in [7, 11) is -3.43. The van der Waals surface area contributed by atoms with E-state index in [-0.39, 0.29) is 34.7 Å². The van der Waals surface area contributed by atoms with Crippen molar-refractivity contribution in [2.24, 2.45) is 11.3 Å². The van der Waals surface area contributed by atoms with Crippen molar-refractivity contribution in [3.63, 3.8) is 0 Å². The van der Waals surface area contributed by atoms with Gasteiger partial charge < -0.3 is 10.1 Å². The standard InChI is InChI=1S/C13H19NO5S/c1-3-10(15)14-4-5-18-11-8-6-9-13(2,7-8)12(11)19-20(9,16)17/h3,8-9,11-12H,1,4-7H2,2H3,(H,14,15). The molecule has 1 aliphatic heterocycles. The van der Waals surface area contributed by atoms with E-state index in [1.165, 1.54) is 6.08 Å². The third-order valence-corrected chi connectivity index (χ3v) is 6.75. The van der Waals surface area contributed by atoms with Gasteiger partial charge in [0.15, 0.2) is 0 Å². The molecule has 1 heterocycles. The molecule has 1 amide bonds. The molecule has 3 rings (SSSR count). The van der Waals surface area contributed by atoms with Gasteiger partial charge in [0.05, 0.1) is 18.0 Å². The van der Waals surface area contributed by atoms with Crippen LogP contribution in [0.2, 0.25) is 0 Å². The van der Waals surface area contributed by atoms with E-state index >= 15 is 0 Å². The summed E-state index contributed by atoms with van der Waals surface area (Å²) in [6, 6.07) is 0. The number of hydrogen-bond acceptors (Lipinski definition) is 5. The molecule has 20 heavy (non-hydrogen) atoms. The van der Waals surface area contributed by atoms with Gasteiger partial charge >= 0.3 is 0 Å². The van der Waals surface area contributed by atoms with Crippen LogP contribution in [-0.2, 0) is 23.8 Å². The Morgan fingerprint density at radius 1 is 1.60 bits per heavy atom. The van der Waals surface area contributed by atoms with Gasteiger partial charge in [0.25, 0.3) is 10.1 Å². The van der Waals surface area contributed by atoms with Crippen LogP contribution >= 0.6 is 0 Å². The molecule has 5 atom stereocenters. The highest BCUT2D eigenvalue weighted by Crippen LogP contribution is 2.62. The lowest BCUT2D eigenvalue weighted by atomic mass is 9.82. The van der Waals surface area contributed by atoms with Crippen molar-refractivity contribution in [1.82, 2.24) is 5.32 Å². The maximum atomic E-state index is 11.9. The summed E-state index contributed by atoms with van der Waals surface area (Å²) in [5.41, 5.74) is -0.307. The van der Waals surface area contributed by atoms with Crippen molar-refractivity contribution >= 4 is 16.0 Å². The fourth-order valence-corrected chi connectivity index (χ4v) is 6.11. The smallest absolute Gasteiger partial charge is 0.271 e. The van der Waals surface area contributed by atoms with Crippen LogP contribution in [0.3, 0.4) is 0 Å². The molecule has 0 radical (unpaired) electrons. The summed E-state index contributed by atoms with van der Waals surface area (Å²) in [4.78, 5) is 11.0. The minimum Gasteiger partial charge on any atom is -0.373 e. The highest BCUT2D eigenvalue weighted by Gasteiger charge is 2.71. The number of carbonyl (C=O) groups is 1. The fraction of sp³-hybridized carbons (Fsp3) is 0.769. The van der Waals surface area contributed by atoms with E-state index in [4.69, 9.17) is 8.92 Å². The Hall–Kier alpha value is -0.920. The van der Waals surface area contributed by atoms with Gasteiger partial charge in [0, 0.05) is 12.0 Å². The van der Waals surface area contributed by atoms with Gasteiger partial charge in [-0.05, 0) is 24.8 Å². The Labute approximate surface area is 118 Å². The molecule has 112 valence electrons. The predicted molar refractivity (Wildman–Crippen MR) is 71.4 cm³/mol. The summed E-state index contributed by atoms with van der Waals surface area (Å²) >= 11 is 0. The van der Waals surface area contributed by atoms with Gasteiger partial charge in [-0.1, -0.05) is 13.5 Å². The Morgan fingerprint density at radius 3 is 3.05 bits per heavy atom. The molecule has 1 saturated heterocycles. The van der Waals surface area contributed by atoms with Crippen LogP contribution in [0.4, 0.5) is 0 Å². The van der Waals surface area contributed by atoms with Crippen molar-refractivity contribution in [3.05, 3.63) is 12.7 Å². The molecule has 3 aliphatic rings. The summed E-state index contributed by atoms with van der Waals surface area (Å²) in [5, 5.41) is 2.26. The maximum Gasteiger partial charge on any atom is 0.271 e. The van der Waals surface area contributed by atoms with Crippen LogP contribution in [0, 0.1) is 11.3 Å². The summed E-state index contributed by atoms with van der Waals surface area (Å²) in [6.07, 6.45) is 2.11. The van der Waals surface area contributed by atoms with Crippen molar-refractivity contribution in [2.75, 3.05) is 13.2 Å². The highest BCUT2D eigenvalue weighted by molar-refractivity contribution is 7.87. The monoisotopic (exact) mass is 301 g/mol. The number of ether oxygens (including phenoxy) is 1. The lowest BCUT2D eigenvalue weighted by molar-refractivity contribution is -0.117. The lowest BCUT2D eigenvalue weighted by Gasteiger charge is -2.30. The molecular weight excluding hydrogens is 282 g/mol. The van der Waals surface area contributed by atoms with Crippen LogP contribution in [0.1, 0.15) is 19.8 Å². The molecule has 2 saturated carbocycles. The molecule has 2 bridgehead atoms. The predicted octanol–water partition coefficient (Wildman–Crippen LogP) is 0.201. The highest BCUT2D eigenvalue weighted by atomic mass is 32.2. The molecule has 0 aromatic carbocycles. The number of carbonyl (C=O) groups excluding carboxylic acids is 1. The third-order valence-electron chi connectivity index (χ3n) is 4.85. The average molecular weight is 301 g/mol. The van der Waals surface area contributed by atoms with Crippen molar-refractivity contribution in [1.29, 1.82) is 0 Å². The molecule has 0 aromatic rings. The molecule has 0 aromatic heterocycles. The fourth-order valence-electron chi connectivity index (χ4n) is 3.98. The number of nitrogens with one attached hydrogen (secondary N) is 1. The van der Waals surface area contributed by atoms with Gasteiger partial charge in [-0.2, -0.15) is 8.42 Å². The van der Waals surface area contributed by atoms with E-state index in [2.05, 4.69) is 11.9 Å². The third kappa shape index (κ3) is 1.91. The number of fused-ring (bicyclic) bond motifs is 1. The quantitative estimate of drug-likeness (QED) is 0.446. The normalized spacial score (nSPS) is 43.6. The van der Waals surface area contributed by atoms with Crippen molar-refractivity contribution in [2.45, 2.75) is 37.2 Å². The van der Waals surface area contributed by atoms with Crippen LogP contribution in [0.5, 0.6) is 0 Å². The summed E-state index contributed by atoms with van der Waals surface area (Å²) in [6.45, 7) is 6.08. The van der Waals surface area contributed by atoms with E-state index < -0.39 is 10.1 Å². The summed E-state index contributed by atoms with van der Waals surface area (Å²) in [5.74, 6) is -0.00403. The maximum absolute atomic E-state index is 11.9. The topological polar surface area (TPSA) is 81.7 Å². The Morgan fingerprint density at radius 2 is 2.35 bits per heavy atom. The second-order valence-electron chi connectivity index (χ2n) is 6.03. The van der Waals surface area contributed by atoms with Crippen LogP contribution in [-0.4, -0.2) is 44.9 Å². The second kappa shape index (κ2) is 4.54. The molecule has 3 fully saturated rings. The molecular formula is C13H19NO5S. The minimum absolute atomic E-state index is 0.186. The van der Waals surface area contributed by atoms with E-state index in [1.807, 2.05) is 6.92 Å². The average Bonchev–Trinajstić information content (AvgIpc) is 2.89. The largest absolute Gasteiger partial charge is 0.373 e. The van der Waals surface area contributed by atoms with Crippen LogP contribution in [0.15, 0.2) is 12.7 Å². The number of rotatable bonds is 5. The van der Waals surface area contributed by atoms with Gasteiger partial charge in [0.1, 0.15) is 6.10 Å². The van der Waals surface area contributed by atoms with Gasteiger partial charge in [-0.3, -0.25) is 8.98 Å².